The molecule has 9 aromatic rings. The number of aliphatic hydroxyl groups excluding tert-OH is 1. The minimum Gasteiger partial charge on any atom is -0.508 e. The number of hydrogen-bond donors (Lipinski definition) is 13. The normalized spacial score (nSPS) is 10.2. The largest absolute Gasteiger partial charge is 0.508 e. The van der Waals surface area contributed by atoms with Gasteiger partial charge in [-0.1, -0.05) is 83.6 Å². The Kier molecular flexibility index (Phi) is 49.7. The Morgan fingerprint density at radius 1 is 0.500 bits per heavy atom. The predicted octanol–water partition coefficient (Wildman–Crippen LogP) is 19.4. The lowest BCUT2D eigenvalue weighted by Crippen LogP contribution is -2.33. The average Bonchev–Trinajstić information content (AvgIpc) is 1.64. The molecule has 0 radical (unpaired) electrons. The van der Waals surface area contributed by atoms with Crippen LogP contribution in [-0.2, 0) is 0 Å². The van der Waals surface area contributed by atoms with E-state index in [1.807, 2.05) is 173 Å². The molecule has 33 heteroatoms. The fourth-order valence-electron chi connectivity index (χ4n) is 12.6. The molecule has 15 N–H and O–H groups in total. The van der Waals surface area contributed by atoms with Gasteiger partial charge >= 0.3 is 0 Å². The van der Waals surface area contributed by atoms with Gasteiger partial charge in [0, 0.05) is 104 Å². The minimum atomic E-state index is -0.589. The molecule has 8 aromatic carbocycles. The standard InChI is InChI=1S/C23H31N3O4S.C22H28N4O3S.2C12H16N2OS.C11H18N2O.C10H14N2O3.C2H6O.CH4/c1-6-9-26(4)18-10-15(7-8-22(18)30-5)25-23(31)24-13-21(29)17-11-16(14(2)3)19(27)12-20(17)28;1-6-9-25(4)17-10-14(7-8-20(17)29-5)26-21(23-24-22(26)30)16-11-15(13(2)3)18(27)12-19(16)28;2*1-4-7-14(2)11-8-10(13-9-16)5-6-12(11)15-3;1-4-7-13(2)10-8-9(12)5-6-11(10)14-3;1-5(2)6-3-7(10(15)12-11)9(14)4-8(6)13;1-2-3;/h7-8,10-12,14,27-28H,6,9,13H2,1-5H3,(H2,24,25,31);7-8,10-13,27-28H,6,9H2,1-5H3,(H,24,30);2*5-6,8H,4,7H2,1-3H3;5-6,8H,4,7,12H2,1-3H3;3-5,13-14H,11H2,1-2H3,(H,12,15);3H,2H2,1H3;1H4. The number of Topliss-reactive ketones (excluding diaryl/α,β-unsaturated/α-hetero) is 1. The predicted molar refractivity (Wildman–Crippen MR) is 529 cm³/mol. The number of aliphatic imine (C=N–C) groups is 2. The van der Waals surface area contributed by atoms with Crippen molar-refractivity contribution >= 4 is 127 Å². The zero-order chi connectivity index (χ0) is 93.9. The van der Waals surface area contributed by atoms with E-state index in [2.05, 4.69) is 125 Å². The first-order valence-electron chi connectivity index (χ1n) is 40.9. The average molecular weight is 1810 g/mol. The fraction of sp³-hybridized carbons (Fsp3) is 0.409. The lowest BCUT2D eigenvalue weighted by Gasteiger charge is -2.22. The van der Waals surface area contributed by atoms with E-state index in [1.165, 1.54) is 24.3 Å². The number of hydrogen-bond acceptors (Lipinski definition) is 28. The molecule has 0 atom stereocenters. The number of thiocarbonyl (C=S) groups is 3. The van der Waals surface area contributed by atoms with Gasteiger partial charge in [-0.25, -0.2) is 5.84 Å². The number of aliphatic hydroxyl groups is 1. The fourth-order valence-corrected chi connectivity index (χ4v) is 13.3. The first-order valence-corrected chi connectivity index (χ1v) is 42.5. The van der Waals surface area contributed by atoms with Crippen LogP contribution in [0.1, 0.15) is 178 Å². The summed E-state index contributed by atoms with van der Waals surface area (Å²) in [5.41, 5.74) is 19.1. The van der Waals surface area contributed by atoms with E-state index in [-0.39, 0.29) is 94.9 Å². The highest BCUT2D eigenvalue weighted by Crippen LogP contribution is 2.41. The topological polar surface area (TPSA) is 385 Å². The number of aromatic hydroxyl groups is 6. The molecule has 126 heavy (non-hydrogen) atoms. The number of H-pyrrole nitrogens is 1. The summed E-state index contributed by atoms with van der Waals surface area (Å²) in [6.07, 6.45) is 5.27. The molecule has 0 unspecified atom stereocenters. The summed E-state index contributed by atoms with van der Waals surface area (Å²) in [4.78, 5) is 42.4. The smallest absolute Gasteiger partial charge is 0.268 e. The number of phenolic OH excluding ortho intramolecular Hbond substituents is 6. The number of isothiocyanates is 2. The van der Waals surface area contributed by atoms with Crippen molar-refractivity contribution in [1.82, 2.24) is 25.5 Å². The summed E-state index contributed by atoms with van der Waals surface area (Å²) in [5, 5.41) is 85.4. The molecule has 0 aliphatic carbocycles. The molecule has 0 aliphatic rings. The highest BCUT2D eigenvalue weighted by molar-refractivity contribution is 7.80. The van der Waals surface area contributed by atoms with Crippen molar-refractivity contribution in [3.05, 3.63) is 160 Å². The number of nitrogens with zero attached hydrogens (tertiary/aromatic N) is 9. The molecule has 0 spiro atoms. The minimum absolute atomic E-state index is 0. The Labute approximate surface area is 765 Å². The van der Waals surface area contributed by atoms with Crippen molar-refractivity contribution in [2.24, 2.45) is 15.8 Å². The van der Waals surface area contributed by atoms with Gasteiger partial charge in [0.15, 0.2) is 21.5 Å². The summed E-state index contributed by atoms with van der Waals surface area (Å²) in [5.74, 6) is 8.12. The number of aromatic nitrogens is 3. The maximum absolute atomic E-state index is 12.6. The summed E-state index contributed by atoms with van der Waals surface area (Å²) in [6.45, 7) is 28.7. The molecular weight excluding hydrogens is 1680 g/mol. The number of hydrazine groups is 1. The SMILES string of the molecule is C.CC(C)c1cc(C(=O)NN)c(O)cc1O.CCCN(C)c1cc(-n2c(-c3cc(C(C)C)c(O)cc3O)n[nH]c2=S)ccc1OC.CCCN(C)c1cc(N)ccc1OC.CCCN(C)c1cc(N=C=S)ccc1OC.CCCN(C)c1cc(N=C=S)ccc1OC.CCCN(C)c1cc(NC(=S)NCC(=O)c2cc(C(C)C)c(O)cc2O)ccc1OC.CCO. The lowest BCUT2D eigenvalue weighted by atomic mass is 9.97. The molecule has 0 saturated heterocycles. The first kappa shape index (κ1) is 110. The van der Waals surface area contributed by atoms with Gasteiger partial charge in [-0.15, -0.1) is 0 Å². The van der Waals surface area contributed by atoms with E-state index in [1.54, 1.807) is 53.1 Å². The number of methoxy groups -OCH3 is 5. The number of ketones is 1. The molecule has 0 fully saturated rings. The number of rotatable bonds is 32. The second-order valence-electron chi connectivity index (χ2n) is 29.4. The summed E-state index contributed by atoms with van der Waals surface area (Å²) < 4.78 is 29.1. The van der Waals surface area contributed by atoms with Gasteiger partial charge < -0.3 is 100 Å². The van der Waals surface area contributed by atoms with Gasteiger partial charge in [0.2, 0.25) is 0 Å². The van der Waals surface area contributed by atoms with E-state index in [0.717, 1.165) is 162 Å². The third-order valence-corrected chi connectivity index (χ3v) is 19.6. The maximum Gasteiger partial charge on any atom is 0.268 e. The van der Waals surface area contributed by atoms with Gasteiger partial charge in [0.25, 0.3) is 5.91 Å². The molecule has 0 bridgehead atoms. The van der Waals surface area contributed by atoms with Crippen LogP contribution in [0.5, 0.6) is 63.2 Å². The molecule has 1 amide bonds. The number of nitrogen functional groups attached to an aromatic ring is 2. The van der Waals surface area contributed by atoms with Gasteiger partial charge in [0.05, 0.1) is 115 Å². The van der Waals surface area contributed by atoms with E-state index in [4.69, 9.17) is 64.8 Å². The van der Waals surface area contributed by atoms with Crippen LogP contribution in [0.2, 0.25) is 0 Å². The molecule has 0 saturated carbocycles. The number of phenols is 6. The lowest BCUT2D eigenvalue weighted by molar-refractivity contribution is 0.0949. The van der Waals surface area contributed by atoms with Crippen molar-refractivity contribution in [3.8, 4) is 80.3 Å². The van der Waals surface area contributed by atoms with Crippen molar-refractivity contribution in [3.63, 3.8) is 0 Å². The number of ether oxygens (including phenoxy) is 5. The number of anilines is 7. The number of amides is 1. The Hall–Kier alpha value is -11.9. The van der Waals surface area contributed by atoms with E-state index >= 15 is 0 Å². The van der Waals surface area contributed by atoms with Crippen LogP contribution < -0.4 is 75.8 Å². The number of carbonyl (C=O) groups is 2. The highest BCUT2D eigenvalue weighted by Gasteiger charge is 2.23. The van der Waals surface area contributed by atoms with Gasteiger partial charge in [-0.05, 0) is 232 Å². The van der Waals surface area contributed by atoms with Gasteiger partial charge in [-0.2, -0.15) is 15.1 Å². The highest BCUT2D eigenvalue weighted by atomic mass is 32.1. The monoisotopic (exact) mass is 1810 g/mol. The number of nitrogens with two attached hydrogens (primary N) is 2. The van der Waals surface area contributed by atoms with Gasteiger partial charge in [0.1, 0.15) is 63.2 Å². The van der Waals surface area contributed by atoms with Crippen LogP contribution in [0.25, 0.3) is 17.1 Å². The van der Waals surface area contributed by atoms with Crippen molar-refractivity contribution in [2.45, 2.75) is 140 Å². The number of aromatic amines is 1. The van der Waals surface area contributed by atoms with E-state index in [9.17, 15) is 40.2 Å². The third-order valence-electron chi connectivity index (χ3n) is 18.9. The maximum atomic E-state index is 12.6. The van der Waals surface area contributed by atoms with Crippen LogP contribution in [0, 0.1) is 4.77 Å². The Bertz CT molecular complexity index is 5020. The van der Waals surface area contributed by atoms with Crippen molar-refractivity contribution in [1.29, 1.82) is 0 Å². The van der Waals surface area contributed by atoms with Crippen molar-refractivity contribution in [2.75, 3.05) is 152 Å². The quantitative estimate of drug-likeness (QED) is 0.00354. The van der Waals surface area contributed by atoms with Crippen LogP contribution >= 0.6 is 48.9 Å². The number of nitrogens with one attached hydrogen (secondary N) is 4. The van der Waals surface area contributed by atoms with E-state index < -0.39 is 5.91 Å². The Balaban J connectivity index is 0.000000524. The van der Waals surface area contributed by atoms with Crippen LogP contribution in [-0.4, -0.2) is 194 Å². The molecule has 1 aromatic heterocycles. The van der Waals surface area contributed by atoms with Gasteiger partial charge in [-0.3, -0.25) is 24.7 Å². The van der Waals surface area contributed by atoms with Crippen LogP contribution in [0.4, 0.5) is 51.2 Å². The zero-order valence-corrected chi connectivity index (χ0v) is 79.4. The summed E-state index contributed by atoms with van der Waals surface area (Å²) >= 11 is 20.0. The first-order chi connectivity index (χ1) is 59.5. The Morgan fingerprint density at radius 3 is 1.24 bits per heavy atom. The number of benzene rings is 8. The summed E-state index contributed by atoms with van der Waals surface area (Å²) in [6, 6.07) is 36.9. The molecule has 688 valence electrons. The second-order valence-corrected chi connectivity index (χ2v) is 30.5. The zero-order valence-electron chi connectivity index (χ0n) is 76.1. The molecule has 9 rings (SSSR count). The summed E-state index contributed by atoms with van der Waals surface area (Å²) in [7, 11) is 18.4. The molecular formula is C93H133N15O14S4. The second kappa shape index (κ2) is 56.8. The third kappa shape index (κ3) is 33.2. The number of carbonyl (C=O) groups excluding carboxylic acids is 2. The van der Waals surface area contributed by atoms with E-state index in [0.29, 0.717) is 27.3 Å². The Morgan fingerprint density at radius 2 is 0.849 bits per heavy atom. The molecule has 1 heterocycles. The molecule has 0 aliphatic heterocycles. The van der Waals surface area contributed by atoms with Crippen LogP contribution in [0.3, 0.4) is 0 Å². The van der Waals surface area contributed by atoms with Crippen molar-refractivity contribution < 1.29 is 69.0 Å². The molecule has 29 nitrogen and oxygen atoms in total. The van der Waals surface area contributed by atoms with Crippen LogP contribution in [0.15, 0.2) is 137 Å².